The van der Waals surface area contributed by atoms with Gasteiger partial charge in [-0.2, -0.15) is 0 Å². The van der Waals surface area contributed by atoms with Crippen LogP contribution in [0.15, 0.2) is 0 Å². The lowest BCUT2D eigenvalue weighted by Gasteiger charge is -2.13. The number of thiophene rings is 1. The predicted octanol–water partition coefficient (Wildman–Crippen LogP) is 1.07. The summed E-state index contributed by atoms with van der Waals surface area (Å²) in [6, 6.07) is 0. The lowest BCUT2D eigenvalue weighted by atomic mass is 10.0. The highest BCUT2D eigenvalue weighted by molar-refractivity contribution is 7.17. The van der Waals surface area contributed by atoms with Crippen molar-refractivity contribution >= 4 is 28.2 Å². The highest BCUT2D eigenvalue weighted by atomic mass is 32.1. The van der Waals surface area contributed by atoms with Gasteiger partial charge in [-0.3, -0.25) is 4.79 Å². The van der Waals surface area contributed by atoms with E-state index in [1.54, 1.807) is 0 Å². The first-order chi connectivity index (χ1) is 10.0. The largest absolute Gasteiger partial charge is 0.465 e. The van der Waals surface area contributed by atoms with Gasteiger partial charge in [-0.05, 0) is 32.6 Å². The van der Waals surface area contributed by atoms with E-state index < -0.39 is 0 Å². The summed E-state index contributed by atoms with van der Waals surface area (Å²) in [6.45, 7) is 2.24. The molecule has 0 unspecified atom stereocenters. The summed E-state index contributed by atoms with van der Waals surface area (Å²) in [4.78, 5) is 27.1. The van der Waals surface area contributed by atoms with Gasteiger partial charge < -0.3 is 20.3 Å². The zero-order chi connectivity index (χ0) is 15.4. The molecular weight excluding hydrogens is 290 g/mol. The van der Waals surface area contributed by atoms with Crippen molar-refractivity contribution in [1.29, 1.82) is 0 Å². The fourth-order valence-electron chi connectivity index (χ4n) is 2.26. The molecule has 1 aliphatic rings. The number of methoxy groups -OCH3 is 1. The third-order valence-corrected chi connectivity index (χ3v) is 4.50. The predicted molar refractivity (Wildman–Crippen MR) is 82.9 cm³/mol. The van der Waals surface area contributed by atoms with Crippen molar-refractivity contribution < 1.29 is 14.3 Å². The molecule has 7 heteroatoms. The van der Waals surface area contributed by atoms with Crippen LogP contribution < -0.4 is 10.6 Å². The van der Waals surface area contributed by atoms with E-state index in [0.29, 0.717) is 23.5 Å². The monoisotopic (exact) mass is 311 g/mol. The van der Waals surface area contributed by atoms with Crippen LogP contribution in [0.2, 0.25) is 0 Å². The van der Waals surface area contributed by atoms with E-state index in [-0.39, 0.29) is 11.9 Å². The summed E-state index contributed by atoms with van der Waals surface area (Å²) in [7, 11) is 5.20. The molecule has 2 N–H and O–H groups in total. The number of hydrogen-bond donors (Lipinski definition) is 2. The zero-order valence-corrected chi connectivity index (χ0v) is 13.4. The van der Waals surface area contributed by atoms with Gasteiger partial charge in [0.2, 0.25) is 5.91 Å². The minimum absolute atomic E-state index is 0.0830. The van der Waals surface area contributed by atoms with Gasteiger partial charge in [0.05, 0.1) is 12.7 Å². The average Bonchev–Trinajstić information content (AvgIpc) is 2.82. The smallest absolute Gasteiger partial charge is 0.341 e. The fraction of sp³-hybridized carbons (Fsp3) is 0.571. The first kappa shape index (κ1) is 15.9. The van der Waals surface area contributed by atoms with E-state index in [9.17, 15) is 9.59 Å². The standard InChI is InChI=1S/C14H21N3O3S/c1-17(2)7-5-11(18)16-13-12(14(19)20-3)9-4-6-15-8-10(9)21-13/h15H,4-8H2,1-3H3,(H,16,18). The van der Waals surface area contributed by atoms with Crippen molar-refractivity contribution in [1.82, 2.24) is 10.2 Å². The average molecular weight is 311 g/mol. The summed E-state index contributed by atoms with van der Waals surface area (Å²) in [5.41, 5.74) is 1.53. The SMILES string of the molecule is COC(=O)c1c(NC(=O)CCN(C)C)sc2c1CCNC2. The number of anilines is 1. The van der Waals surface area contributed by atoms with Gasteiger partial charge in [0, 0.05) is 24.4 Å². The number of ether oxygens (including phenoxy) is 1. The number of nitrogens with one attached hydrogen (secondary N) is 2. The number of carbonyl (C=O) groups is 2. The molecule has 0 bridgehead atoms. The molecule has 0 spiro atoms. The maximum Gasteiger partial charge on any atom is 0.341 e. The van der Waals surface area contributed by atoms with Gasteiger partial charge in [0.1, 0.15) is 5.00 Å². The molecule has 0 saturated carbocycles. The topological polar surface area (TPSA) is 70.7 Å². The number of carbonyl (C=O) groups excluding carboxylic acids is 2. The maximum atomic E-state index is 12.0. The van der Waals surface area contributed by atoms with Crippen LogP contribution in [0.3, 0.4) is 0 Å². The summed E-state index contributed by atoms with van der Waals surface area (Å²) in [5.74, 6) is -0.460. The number of amides is 1. The second kappa shape index (κ2) is 7.02. The van der Waals surface area contributed by atoms with Gasteiger partial charge in [-0.15, -0.1) is 11.3 Å². The Morgan fingerprint density at radius 3 is 2.86 bits per heavy atom. The maximum absolute atomic E-state index is 12.0. The van der Waals surface area contributed by atoms with E-state index in [2.05, 4.69) is 10.6 Å². The quantitative estimate of drug-likeness (QED) is 0.796. The molecule has 0 radical (unpaired) electrons. The molecule has 0 aromatic carbocycles. The van der Waals surface area contributed by atoms with Crippen LogP contribution in [0.4, 0.5) is 5.00 Å². The molecule has 1 aromatic rings. The third kappa shape index (κ3) is 3.81. The van der Waals surface area contributed by atoms with Gasteiger partial charge in [-0.25, -0.2) is 4.79 Å². The number of nitrogens with zero attached hydrogens (tertiary/aromatic N) is 1. The molecule has 0 saturated heterocycles. The summed E-state index contributed by atoms with van der Waals surface area (Å²) in [5, 5.41) is 6.74. The molecule has 21 heavy (non-hydrogen) atoms. The molecule has 1 amide bonds. The van der Waals surface area contributed by atoms with Crippen molar-refractivity contribution in [2.24, 2.45) is 0 Å². The van der Waals surface area contributed by atoms with E-state index in [0.717, 1.165) is 30.0 Å². The van der Waals surface area contributed by atoms with Crippen LogP contribution in [0.1, 0.15) is 27.2 Å². The third-order valence-electron chi connectivity index (χ3n) is 3.36. The molecule has 6 nitrogen and oxygen atoms in total. The molecular formula is C14H21N3O3S. The molecule has 2 rings (SSSR count). The Bertz CT molecular complexity index is 540. The van der Waals surface area contributed by atoms with Crippen LogP contribution in [-0.4, -0.2) is 51.1 Å². The van der Waals surface area contributed by atoms with Gasteiger partial charge in [0.25, 0.3) is 0 Å². The van der Waals surface area contributed by atoms with E-state index in [1.165, 1.54) is 18.4 Å². The highest BCUT2D eigenvalue weighted by Gasteiger charge is 2.26. The first-order valence-electron chi connectivity index (χ1n) is 6.91. The van der Waals surface area contributed by atoms with Crippen molar-refractivity contribution in [2.45, 2.75) is 19.4 Å². The summed E-state index contributed by atoms with van der Waals surface area (Å²) < 4.78 is 4.87. The Morgan fingerprint density at radius 2 is 2.19 bits per heavy atom. The van der Waals surface area contributed by atoms with Crippen molar-refractivity contribution in [3.8, 4) is 0 Å². The second-order valence-corrected chi connectivity index (χ2v) is 6.33. The number of hydrogen-bond acceptors (Lipinski definition) is 6. The van der Waals surface area contributed by atoms with E-state index >= 15 is 0 Å². The second-order valence-electron chi connectivity index (χ2n) is 5.23. The molecule has 0 atom stereocenters. The summed E-state index contributed by atoms with van der Waals surface area (Å²) >= 11 is 1.46. The lowest BCUT2D eigenvalue weighted by molar-refractivity contribution is -0.116. The minimum Gasteiger partial charge on any atom is -0.465 e. The highest BCUT2D eigenvalue weighted by Crippen LogP contribution is 2.35. The number of fused-ring (bicyclic) bond motifs is 1. The van der Waals surface area contributed by atoms with Crippen LogP contribution in [0.25, 0.3) is 0 Å². The van der Waals surface area contributed by atoms with Crippen molar-refractivity contribution in [3.63, 3.8) is 0 Å². The first-order valence-corrected chi connectivity index (χ1v) is 7.72. The molecule has 2 heterocycles. The van der Waals surface area contributed by atoms with Crippen LogP contribution in [0, 0.1) is 0 Å². The number of rotatable bonds is 5. The Morgan fingerprint density at radius 1 is 1.43 bits per heavy atom. The number of esters is 1. The van der Waals surface area contributed by atoms with Crippen LogP contribution >= 0.6 is 11.3 Å². The van der Waals surface area contributed by atoms with Crippen LogP contribution in [-0.2, 0) is 22.5 Å². The Kier molecular flexibility index (Phi) is 5.33. The molecule has 0 fully saturated rings. The van der Waals surface area contributed by atoms with E-state index in [4.69, 9.17) is 4.74 Å². The minimum atomic E-state index is -0.377. The Balaban J connectivity index is 2.20. The molecule has 1 aromatic heterocycles. The van der Waals surface area contributed by atoms with Crippen molar-refractivity contribution in [3.05, 3.63) is 16.0 Å². The zero-order valence-electron chi connectivity index (χ0n) is 12.6. The normalized spacial score (nSPS) is 13.9. The molecule has 0 aliphatic carbocycles. The Labute approximate surface area is 128 Å². The van der Waals surface area contributed by atoms with Gasteiger partial charge in [0.15, 0.2) is 0 Å². The lowest BCUT2D eigenvalue weighted by Crippen LogP contribution is -2.24. The fourth-order valence-corrected chi connectivity index (χ4v) is 3.48. The van der Waals surface area contributed by atoms with Gasteiger partial charge in [-0.1, -0.05) is 0 Å². The van der Waals surface area contributed by atoms with Crippen LogP contribution in [0.5, 0.6) is 0 Å². The summed E-state index contributed by atoms with van der Waals surface area (Å²) in [6.07, 6.45) is 1.18. The van der Waals surface area contributed by atoms with E-state index in [1.807, 2.05) is 19.0 Å². The molecule has 116 valence electrons. The van der Waals surface area contributed by atoms with Crippen molar-refractivity contribution in [2.75, 3.05) is 39.6 Å². The Hall–Kier alpha value is -1.44. The molecule has 1 aliphatic heterocycles. The van der Waals surface area contributed by atoms with Gasteiger partial charge >= 0.3 is 5.97 Å².